The van der Waals surface area contributed by atoms with Crippen LogP contribution >= 0.6 is 0 Å². The lowest BCUT2D eigenvalue weighted by molar-refractivity contribution is -0.383. The lowest BCUT2D eigenvalue weighted by Gasteiger charge is -2.35. The number of amides is 1. The van der Waals surface area contributed by atoms with E-state index in [2.05, 4.69) is 27.5 Å². The number of rotatable bonds is 8. The van der Waals surface area contributed by atoms with Gasteiger partial charge in [0.25, 0.3) is 11.6 Å². The van der Waals surface area contributed by atoms with Crippen molar-refractivity contribution in [2.75, 3.05) is 45.1 Å². The minimum Gasteiger partial charge on any atom is -0.350 e. The Morgan fingerprint density at radius 1 is 0.971 bits per heavy atom. The number of nitrogens with zero attached hydrogens (tertiary/aromatic N) is 3. The number of carbonyl (C=O) groups excluding carboxylic acids is 1. The summed E-state index contributed by atoms with van der Waals surface area (Å²) in [4.78, 5) is 29.1. The zero-order chi connectivity index (χ0) is 23.9. The van der Waals surface area contributed by atoms with Gasteiger partial charge in [-0.25, -0.2) is 0 Å². The van der Waals surface area contributed by atoms with Crippen molar-refractivity contribution in [3.63, 3.8) is 0 Å². The minimum atomic E-state index is -0.471. The molecule has 8 nitrogen and oxygen atoms in total. The van der Waals surface area contributed by atoms with Crippen molar-refractivity contribution >= 4 is 23.0 Å². The first-order valence-corrected chi connectivity index (χ1v) is 11.4. The molecular weight excluding hydrogens is 430 g/mol. The largest absolute Gasteiger partial charge is 0.350 e. The molecule has 1 amide bonds. The number of carbonyl (C=O) groups is 1. The van der Waals surface area contributed by atoms with E-state index in [1.54, 1.807) is 12.1 Å². The maximum atomic E-state index is 13.2. The topological polar surface area (TPSA) is 90.8 Å². The molecule has 4 rings (SSSR count). The second kappa shape index (κ2) is 10.9. The fraction of sp³-hybridized carbons (Fsp3) is 0.269. The van der Waals surface area contributed by atoms with E-state index in [1.807, 2.05) is 60.7 Å². The van der Waals surface area contributed by atoms with Crippen LogP contribution in [0.1, 0.15) is 22.0 Å². The molecule has 3 aromatic carbocycles. The van der Waals surface area contributed by atoms with Gasteiger partial charge in [-0.1, -0.05) is 48.5 Å². The van der Waals surface area contributed by atoms with Crippen molar-refractivity contribution in [2.45, 2.75) is 6.04 Å². The summed E-state index contributed by atoms with van der Waals surface area (Å²) < 4.78 is 0. The molecule has 1 fully saturated rings. The molecule has 0 spiro atoms. The summed E-state index contributed by atoms with van der Waals surface area (Å²) >= 11 is 0. The Morgan fingerprint density at radius 3 is 2.26 bits per heavy atom. The first-order valence-electron chi connectivity index (χ1n) is 11.4. The molecular formula is C26H29N5O3. The molecule has 1 atom stereocenters. The number of anilines is 2. The van der Waals surface area contributed by atoms with Gasteiger partial charge in [0.2, 0.25) is 0 Å². The molecule has 34 heavy (non-hydrogen) atoms. The lowest BCUT2D eigenvalue weighted by atomic mass is 10.0. The highest BCUT2D eigenvalue weighted by atomic mass is 16.6. The highest BCUT2D eigenvalue weighted by Gasteiger charge is 2.23. The summed E-state index contributed by atoms with van der Waals surface area (Å²) in [6.45, 7) is 4.51. The molecule has 1 unspecified atom stereocenters. The Morgan fingerprint density at radius 2 is 1.62 bits per heavy atom. The molecule has 1 heterocycles. The van der Waals surface area contributed by atoms with E-state index in [9.17, 15) is 14.9 Å². The van der Waals surface area contributed by atoms with Crippen LogP contribution in [0.4, 0.5) is 17.1 Å². The van der Waals surface area contributed by atoms with Gasteiger partial charge in [-0.3, -0.25) is 19.8 Å². The normalized spacial score (nSPS) is 15.4. The molecule has 1 saturated heterocycles. The minimum absolute atomic E-state index is 0.146. The van der Waals surface area contributed by atoms with Gasteiger partial charge in [0.15, 0.2) is 0 Å². The van der Waals surface area contributed by atoms with E-state index in [0.29, 0.717) is 12.2 Å². The number of likely N-dealkylation sites (N-methyl/N-ethyl adjacent to an activating group) is 1. The van der Waals surface area contributed by atoms with Crippen molar-refractivity contribution in [3.8, 4) is 0 Å². The first kappa shape index (κ1) is 23.4. The van der Waals surface area contributed by atoms with Crippen LogP contribution in [0.15, 0.2) is 78.9 Å². The number of para-hydroxylation sites is 1. The molecule has 176 valence electrons. The number of benzene rings is 3. The zero-order valence-corrected chi connectivity index (χ0v) is 19.2. The summed E-state index contributed by atoms with van der Waals surface area (Å²) in [6.07, 6.45) is 0. The van der Waals surface area contributed by atoms with Crippen molar-refractivity contribution in [3.05, 3.63) is 100 Å². The molecule has 3 aromatic rings. The molecule has 0 aliphatic carbocycles. The van der Waals surface area contributed by atoms with Crippen LogP contribution in [0.2, 0.25) is 0 Å². The Kier molecular flexibility index (Phi) is 7.51. The predicted octanol–water partition coefficient (Wildman–Crippen LogP) is 4.06. The number of nitro groups is 1. The van der Waals surface area contributed by atoms with Crippen molar-refractivity contribution < 1.29 is 9.72 Å². The van der Waals surface area contributed by atoms with E-state index in [1.165, 1.54) is 6.07 Å². The van der Waals surface area contributed by atoms with Crippen molar-refractivity contribution in [1.29, 1.82) is 0 Å². The molecule has 2 N–H and O–H groups in total. The molecule has 1 aliphatic rings. The average Bonchev–Trinajstić information content (AvgIpc) is 2.86. The zero-order valence-electron chi connectivity index (χ0n) is 19.2. The summed E-state index contributed by atoms with van der Waals surface area (Å²) in [5, 5.41) is 17.9. The van der Waals surface area contributed by atoms with Gasteiger partial charge in [-0.15, -0.1) is 0 Å². The van der Waals surface area contributed by atoms with Gasteiger partial charge in [0.05, 0.1) is 11.0 Å². The number of nitrogens with one attached hydrogen (secondary N) is 2. The van der Waals surface area contributed by atoms with Gasteiger partial charge in [0.1, 0.15) is 5.69 Å². The third-order valence-corrected chi connectivity index (χ3v) is 6.05. The Balaban J connectivity index is 1.53. The summed E-state index contributed by atoms with van der Waals surface area (Å²) in [5.74, 6) is -0.336. The Hall–Kier alpha value is -3.75. The van der Waals surface area contributed by atoms with E-state index in [-0.39, 0.29) is 23.2 Å². The van der Waals surface area contributed by atoms with Gasteiger partial charge >= 0.3 is 0 Å². The highest BCUT2D eigenvalue weighted by Crippen LogP contribution is 2.29. The highest BCUT2D eigenvalue weighted by molar-refractivity contribution is 5.96. The summed E-state index contributed by atoms with van der Waals surface area (Å²) in [6, 6.07) is 23.4. The maximum absolute atomic E-state index is 13.2. The molecule has 1 aliphatic heterocycles. The van der Waals surface area contributed by atoms with E-state index in [4.69, 9.17) is 0 Å². The van der Waals surface area contributed by atoms with E-state index in [0.717, 1.165) is 37.4 Å². The predicted molar refractivity (Wildman–Crippen MR) is 133 cm³/mol. The number of piperazine rings is 1. The van der Waals surface area contributed by atoms with Gasteiger partial charge in [0, 0.05) is 50.0 Å². The van der Waals surface area contributed by atoms with Crippen LogP contribution in [-0.4, -0.2) is 60.4 Å². The second-order valence-corrected chi connectivity index (χ2v) is 8.52. The monoisotopic (exact) mass is 459 g/mol. The van der Waals surface area contributed by atoms with Gasteiger partial charge in [-0.2, -0.15) is 0 Å². The van der Waals surface area contributed by atoms with Crippen LogP contribution < -0.4 is 10.6 Å². The van der Waals surface area contributed by atoms with Crippen LogP contribution in [-0.2, 0) is 0 Å². The summed E-state index contributed by atoms with van der Waals surface area (Å²) in [7, 11) is 2.11. The van der Waals surface area contributed by atoms with Crippen molar-refractivity contribution in [1.82, 2.24) is 15.1 Å². The van der Waals surface area contributed by atoms with Gasteiger partial charge < -0.3 is 15.5 Å². The molecule has 0 radical (unpaired) electrons. The van der Waals surface area contributed by atoms with E-state index < -0.39 is 4.92 Å². The SMILES string of the molecule is CN1CCN(CC(NC(=O)c2ccc(Nc3ccccc3)c([N+](=O)[O-])c2)c2ccccc2)CC1. The van der Waals surface area contributed by atoms with Crippen LogP contribution in [0.25, 0.3) is 0 Å². The number of nitro benzene ring substituents is 1. The third kappa shape index (κ3) is 5.98. The first-order chi connectivity index (χ1) is 16.5. The number of hydrogen-bond donors (Lipinski definition) is 2. The van der Waals surface area contributed by atoms with Gasteiger partial charge in [-0.05, 0) is 36.9 Å². The van der Waals surface area contributed by atoms with Crippen molar-refractivity contribution in [2.24, 2.45) is 0 Å². The standard InChI is InChI=1S/C26H29N5O3/c1-29-14-16-30(17-15-29)19-24(20-8-4-2-5-9-20)28-26(32)21-12-13-23(25(18-21)31(33)34)27-22-10-6-3-7-11-22/h2-13,18,24,27H,14-17,19H2,1H3,(H,28,32). The number of hydrogen-bond acceptors (Lipinski definition) is 6. The molecule has 0 aromatic heterocycles. The second-order valence-electron chi connectivity index (χ2n) is 8.52. The average molecular weight is 460 g/mol. The lowest BCUT2D eigenvalue weighted by Crippen LogP contribution is -2.47. The summed E-state index contributed by atoms with van der Waals surface area (Å²) in [5.41, 5.74) is 2.19. The Bertz CT molecular complexity index is 1120. The van der Waals surface area contributed by atoms with Crippen LogP contribution in [0.3, 0.4) is 0 Å². The smallest absolute Gasteiger partial charge is 0.293 e. The molecule has 8 heteroatoms. The Labute approximate surface area is 199 Å². The van der Waals surface area contributed by atoms with Crippen LogP contribution in [0.5, 0.6) is 0 Å². The fourth-order valence-electron chi connectivity index (χ4n) is 4.06. The maximum Gasteiger partial charge on any atom is 0.293 e. The fourth-order valence-corrected chi connectivity index (χ4v) is 4.06. The van der Waals surface area contributed by atoms with Crippen LogP contribution in [0, 0.1) is 10.1 Å². The quantitative estimate of drug-likeness (QED) is 0.390. The molecule has 0 bridgehead atoms. The molecule has 0 saturated carbocycles. The van der Waals surface area contributed by atoms with E-state index >= 15 is 0 Å². The third-order valence-electron chi connectivity index (χ3n) is 6.05.